The molecule has 2 N–H and O–H groups in total. The van der Waals surface area contributed by atoms with Crippen LogP contribution in [0.3, 0.4) is 0 Å². The second kappa shape index (κ2) is 15.7. The Labute approximate surface area is 363 Å². The van der Waals surface area contributed by atoms with E-state index in [1.807, 2.05) is 12.4 Å². The Balaban J connectivity index is 1.01. The third-order valence-electron chi connectivity index (χ3n) is 12.9. The summed E-state index contributed by atoms with van der Waals surface area (Å²) in [7, 11) is 0. The molecule has 0 unspecified atom stereocenters. The molecular weight excluding hydrogens is 757 g/mol. The van der Waals surface area contributed by atoms with Gasteiger partial charge in [0.15, 0.2) is 11.6 Å². The average Bonchev–Trinajstić information content (AvgIpc) is 4.17. The maximum Gasteiger partial charge on any atom is 0.161 e. The van der Waals surface area contributed by atoms with Gasteiger partial charge in [0, 0.05) is 69.3 Å². The molecule has 0 amide bonds. The van der Waals surface area contributed by atoms with Crippen LogP contribution in [0, 0.1) is 0 Å². The molecule has 6 heteroatoms. The van der Waals surface area contributed by atoms with Crippen molar-refractivity contribution in [3.05, 3.63) is 218 Å². The molecule has 0 bridgehead atoms. The normalized spacial score (nSPS) is 11.9. The first-order chi connectivity index (χ1) is 30.3. The molecule has 0 aliphatic rings. The summed E-state index contributed by atoms with van der Waals surface area (Å²) in [6.45, 7) is 9.27. The van der Waals surface area contributed by atoms with Gasteiger partial charge in [-0.15, -0.1) is 0 Å². The zero-order valence-electron chi connectivity index (χ0n) is 35.4. The van der Waals surface area contributed by atoms with Crippen molar-refractivity contribution in [2.24, 2.45) is 0 Å². The summed E-state index contributed by atoms with van der Waals surface area (Å²) >= 11 is 0. The molecule has 302 valence electrons. The minimum atomic E-state index is -0.336. The van der Waals surface area contributed by atoms with Crippen LogP contribution in [0.1, 0.15) is 39.1 Å². The summed E-state index contributed by atoms with van der Waals surface area (Å²) in [4.78, 5) is 17.7. The highest BCUT2D eigenvalue weighted by Gasteiger charge is 2.42. The van der Waals surface area contributed by atoms with Gasteiger partial charge in [-0.1, -0.05) is 185 Å². The summed E-state index contributed by atoms with van der Waals surface area (Å²) in [6, 6.07) is 64.3. The number of rotatable bonds is 11. The highest BCUT2D eigenvalue weighted by atomic mass is 15.1. The van der Waals surface area contributed by atoms with E-state index >= 15 is 0 Å². The number of hydrogen-bond donors (Lipinski definition) is 2. The van der Waals surface area contributed by atoms with Crippen molar-refractivity contribution in [2.45, 2.75) is 38.5 Å². The van der Waals surface area contributed by atoms with E-state index in [1.54, 1.807) is 0 Å². The number of aromatic nitrogens is 6. The van der Waals surface area contributed by atoms with Gasteiger partial charge in [-0.2, -0.15) is 0 Å². The number of aromatic amines is 2. The SMILES string of the molecule is CC(C)(c1ccc(-c2nccn2-c2c(-c3ccccc3)cccc2-c2ccccc2)[nH]1)C(C)(C)c1ccc(-c2nccn2-c2c(-c3ccccc3)cccc2-c2ccccc2)[nH]1. The number of hydrogen-bond acceptors (Lipinski definition) is 2. The zero-order chi connectivity index (χ0) is 42.3. The molecule has 0 radical (unpaired) electrons. The Morgan fingerprint density at radius 1 is 0.355 bits per heavy atom. The van der Waals surface area contributed by atoms with E-state index in [0.717, 1.165) is 90.3 Å². The lowest BCUT2D eigenvalue weighted by Gasteiger charge is -2.41. The number of para-hydroxylation sites is 2. The van der Waals surface area contributed by atoms with Gasteiger partial charge < -0.3 is 9.97 Å². The first kappa shape index (κ1) is 38.5. The topological polar surface area (TPSA) is 67.2 Å². The van der Waals surface area contributed by atoms with Gasteiger partial charge in [-0.25, -0.2) is 9.97 Å². The van der Waals surface area contributed by atoms with Gasteiger partial charge in [-0.3, -0.25) is 9.13 Å². The van der Waals surface area contributed by atoms with Crippen molar-refractivity contribution in [2.75, 3.05) is 0 Å². The minimum Gasteiger partial charge on any atom is -0.355 e. The third-order valence-corrected chi connectivity index (χ3v) is 12.9. The number of imidazole rings is 2. The fourth-order valence-electron chi connectivity index (χ4n) is 8.83. The van der Waals surface area contributed by atoms with Gasteiger partial charge in [0.1, 0.15) is 0 Å². The summed E-state index contributed by atoms with van der Waals surface area (Å²) < 4.78 is 4.47. The van der Waals surface area contributed by atoms with Crippen molar-refractivity contribution in [3.8, 4) is 78.9 Å². The number of benzene rings is 6. The molecule has 10 aromatic rings. The van der Waals surface area contributed by atoms with Crippen LogP contribution < -0.4 is 0 Å². The molecule has 0 saturated heterocycles. The second-order valence-corrected chi connectivity index (χ2v) is 16.9. The van der Waals surface area contributed by atoms with Gasteiger partial charge in [0.2, 0.25) is 0 Å². The Morgan fingerprint density at radius 2 is 0.661 bits per heavy atom. The van der Waals surface area contributed by atoms with Crippen LogP contribution in [-0.4, -0.2) is 29.1 Å². The standard InChI is InChI=1S/C56H48N6/c1-55(2,49-33-31-47(59-49)53-57-35-37-61(53)51-43(39-19-9-5-10-20-39)27-17-28-44(51)40-21-11-6-12-22-40)56(3,4)50-34-32-48(60-50)54-58-36-38-62(54)52-45(41-23-13-7-14-24-41)29-18-30-46(52)42-25-15-8-16-26-42/h5-38,59-60H,1-4H3. The number of H-pyrrole nitrogens is 2. The van der Waals surface area contributed by atoms with Crippen LogP contribution >= 0.6 is 0 Å². The summed E-state index contributed by atoms with van der Waals surface area (Å²) in [5.41, 5.74) is 14.8. The van der Waals surface area contributed by atoms with Gasteiger partial charge in [-0.05, 0) is 46.5 Å². The molecule has 6 nitrogen and oxygen atoms in total. The summed E-state index contributed by atoms with van der Waals surface area (Å²) in [5.74, 6) is 1.70. The highest BCUT2D eigenvalue weighted by molar-refractivity contribution is 5.88. The molecule has 0 saturated carbocycles. The van der Waals surface area contributed by atoms with E-state index in [9.17, 15) is 0 Å². The molecule has 10 rings (SSSR count). The van der Waals surface area contributed by atoms with Crippen LogP contribution in [0.2, 0.25) is 0 Å². The first-order valence-corrected chi connectivity index (χ1v) is 21.2. The maximum atomic E-state index is 4.98. The molecule has 4 heterocycles. The molecule has 0 aliphatic carbocycles. The lowest BCUT2D eigenvalue weighted by atomic mass is 9.64. The summed E-state index contributed by atoms with van der Waals surface area (Å²) in [5, 5.41) is 0. The molecule has 0 aliphatic heterocycles. The number of nitrogens with zero attached hydrogens (tertiary/aromatic N) is 4. The Morgan fingerprint density at radius 3 is 0.968 bits per heavy atom. The Hall–Kier alpha value is -7.70. The molecule has 0 fully saturated rings. The largest absolute Gasteiger partial charge is 0.355 e. The van der Waals surface area contributed by atoms with Crippen molar-refractivity contribution < 1.29 is 0 Å². The molecular formula is C56H48N6. The molecule has 4 aromatic heterocycles. The second-order valence-electron chi connectivity index (χ2n) is 16.9. The fourth-order valence-corrected chi connectivity index (χ4v) is 8.83. The van der Waals surface area contributed by atoms with Crippen molar-refractivity contribution in [1.82, 2.24) is 29.1 Å². The first-order valence-electron chi connectivity index (χ1n) is 21.2. The molecule has 62 heavy (non-hydrogen) atoms. The van der Waals surface area contributed by atoms with Crippen LogP contribution in [0.4, 0.5) is 0 Å². The van der Waals surface area contributed by atoms with Crippen LogP contribution in [0.5, 0.6) is 0 Å². The van der Waals surface area contributed by atoms with E-state index in [1.165, 1.54) is 0 Å². The Kier molecular flexibility index (Phi) is 9.76. The number of nitrogens with one attached hydrogen (secondary N) is 2. The predicted molar refractivity (Wildman–Crippen MR) is 254 cm³/mol. The molecule has 0 spiro atoms. The maximum absolute atomic E-state index is 4.98. The van der Waals surface area contributed by atoms with Crippen LogP contribution in [-0.2, 0) is 10.8 Å². The average molecular weight is 805 g/mol. The fraction of sp³-hybridized carbons (Fsp3) is 0.107. The molecule has 0 atom stereocenters. The molecule has 6 aromatic carbocycles. The predicted octanol–water partition coefficient (Wildman–Crippen LogP) is 14.0. The van der Waals surface area contributed by atoms with E-state index in [4.69, 9.17) is 9.97 Å². The minimum absolute atomic E-state index is 0.336. The van der Waals surface area contributed by atoms with Gasteiger partial charge in [0.25, 0.3) is 0 Å². The van der Waals surface area contributed by atoms with Crippen molar-refractivity contribution in [1.29, 1.82) is 0 Å². The van der Waals surface area contributed by atoms with E-state index in [2.05, 4.69) is 241 Å². The quantitative estimate of drug-likeness (QED) is 0.137. The Bertz CT molecular complexity index is 2780. The van der Waals surface area contributed by atoms with Crippen LogP contribution in [0.15, 0.2) is 207 Å². The lowest BCUT2D eigenvalue weighted by Crippen LogP contribution is -2.41. The zero-order valence-corrected chi connectivity index (χ0v) is 35.4. The van der Waals surface area contributed by atoms with Gasteiger partial charge in [0.05, 0.1) is 22.8 Å². The van der Waals surface area contributed by atoms with Crippen LogP contribution in [0.25, 0.3) is 78.9 Å². The van der Waals surface area contributed by atoms with E-state index < -0.39 is 0 Å². The monoisotopic (exact) mass is 804 g/mol. The lowest BCUT2D eigenvalue weighted by molar-refractivity contribution is 0.290. The van der Waals surface area contributed by atoms with Crippen molar-refractivity contribution in [3.63, 3.8) is 0 Å². The van der Waals surface area contributed by atoms with E-state index in [0.29, 0.717) is 0 Å². The highest BCUT2D eigenvalue weighted by Crippen LogP contribution is 2.45. The smallest absolute Gasteiger partial charge is 0.161 e. The van der Waals surface area contributed by atoms with Gasteiger partial charge >= 0.3 is 0 Å². The third kappa shape index (κ3) is 6.70. The van der Waals surface area contributed by atoms with E-state index in [-0.39, 0.29) is 10.8 Å². The summed E-state index contributed by atoms with van der Waals surface area (Å²) in [6.07, 6.45) is 7.94. The van der Waals surface area contributed by atoms with Crippen molar-refractivity contribution >= 4 is 0 Å².